The molecule has 1 unspecified atom stereocenters. The lowest BCUT2D eigenvalue weighted by Gasteiger charge is -2.31. The first-order valence-electron chi connectivity index (χ1n) is 6.37. The molecule has 0 saturated carbocycles. The van der Waals surface area contributed by atoms with Crippen LogP contribution in [0, 0.1) is 0 Å². The quantitative estimate of drug-likeness (QED) is 0.889. The molecule has 3 rings (SSSR count). The Balaban J connectivity index is 1.65. The van der Waals surface area contributed by atoms with Gasteiger partial charge in [-0.1, -0.05) is 0 Å². The number of imidazole rings is 1. The third-order valence-electron chi connectivity index (χ3n) is 3.48. The van der Waals surface area contributed by atoms with E-state index in [0.717, 1.165) is 19.6 Å². The van der Waals surface area contributed by atoms with E-state index in [1.807, 2.05) is 18.5 Å². The van der Waals surface area contributed by atoms with Gasteiger partial charge in [0.05, 0.1) is 6.33 Å². The van der Waals surface area contributed by atoms with E-state index in [1.54, 1.807) is 12.7 Å². The first kappa shape index (κ1) is 11.3. The van der Waals surface area contributed by atoms with Crippen molar-refractivity contribution < 1.29 is 0 Å². The summed E-state index contributed by atoms with van der Waals surface area (Å²) in [5.41, 5.74) is 2.35. The van der Waals surface area contributed by atoms with Gasteiger partial charge in [-0.2, -0.15) is 0 Å². The zero-order chi connectivity index (χ0) is 12.2. The maximum Gasteiger partial charge on any atom is 0.115 e. The number of nitrogens with one attached hydrogen (secondary N) is 1. The molecule has 1 saturated heterocycles. The Labute approximate surface area is 106 Å². The molecule has 18 heavy (non-hydrogen) atoms. The van der Waals surface area contributed by atoms with Crippen LogP contribution < -0.4 is 0 Å². The highest BCUT2D eigenvalue weighted by molar-refractivity contribution is 5.08. The van der Waals surface area contributed by atoms with Crippen molar-refractivity contribution in [3.8, 4) is 0 Å². The topological polar surface area (TPSA) is 57.7 Å². The van der Waals surface area contributed by atoms with Crippen molar-refractivity contribution in [3.63, 3.8) is 0 Å². The number of likely N-dealkylation sites (tertiary alicyclic amines) is 1. The van der Waals surface area contributed by atoms with Gasteiger partial charge in [-0.15, -0.1) is 0 Å². The fourth-order valence-electron chi connectivity index (χ4n) is 2.60. The molecule has 3 heterocycles. The molecule has 2 aromatic rings. The second-order valence-electron chi connectivity index (χ2n) is 4.79. The summed E-state index contributed by atoms with van der Waals surface area (Å²) in [7, 11) is 0. The average molecular weight is 243 g/mol. The van der Waals surface area contributed by atoms with Gasteiger partial charge in [0, 0.05) is 42.8 Å². The van der Waals surface area contributed by atoms with E-state index < -0.39 is 0 Å². The first-order chi connectivity index (χ1) is 8.92. The summed E-state index contributed by atoms with van der Waals surface area (Å²) in [6.45, 7) is 3.16. The smallest absolute Gasteiger partial charge is 0.115 e. The van der Waals surface area contributed by atoms with Crippen molar-refractivity contribution in [3.05, 3.63) is 42.5 Å². The van der Waals surface area contributed by atoms with Crippen LogP contribution in [-0.2, 0) is 6.54 Å². The summed E-state index contributed by atoms with van der Waals surface area (Å²) in [5.74, 6) is 0.532. The van der Waals surface area contributed by atoms with Crippen LogP contribution in [0.3, 0.4) is 0 Å². The summed E-state index contributed by atoms with van der Waals surface area (Å²) in [6.07, 6.45) is 9.55. The minimum atomic E-state index is 0.532. The Bertz CT molecular complexity index is 467. The van der Waals surface area contributed by atoms with E-state index in [4.69, 9.17) is 0 Å². The number of aromatic nitrogens is 4. The van der Waals surface area contributed by atoms with Crippen molar-refractivity contribution in [1.82, 2.24) is 24.8 Å². The van der Waals surface area contributed by atoms with Crippen molar-refractivity contribution in [2.24, 2.45) is 0 Å². The maximum atomic E-state index is 4.38. The lowest BCUT2D eigenvalue weighted by molar-refractivity contribution is 0.196. The molecule has 0 amide bonds. The van der Waals surface area contributed by atoms with Crippen LogP contribution in [-0.4, -0.2) is 37.9 Å². The third-order valence-corrected chi connectivity index (χ3v) is 3.48. The highest BCUT2D eigenvalue weighted by Gasteiger charge is 2.22. The Morgan fingerprint density at radius 3 is 3.17 bits per heavy atom. The van der Waals surface area contributed by atoms with Crippen LogP contribution >= 0.6 is 0 Å². The normalized spacial score (nSPS) is 21.0. The molecule has 0 radical (unpaired) electrons. The minimum absolute atomic E-state index is 0.532. The number of aromatic amines is 1. The minimum Gasteiger partial charge on any atom is -0.347 e. The van der Waals surface area contributed by atoms with Crippen LogP contribution in [0.2, 0.25) is 0 Å². The Morgan fingerprint density at radius 1 is 1.39 bits per heavy atom. The third kappa shape index (κ3) is 2.56. The fourth-order valence-corrected chi connectivity index (χ4v) is 2.60. The molecule has 0 aromatic carbocycles. The van der Waals surface area contributed by atoms with Gasteiger partial charge in [0.15, 0.2) is 0 Å². The van der Waals surface area contributed by atoms with Gasteiger partial charge in [0.2, 0.25) is 0 Å². The van der Waals surface area contributed by atoms with Crippen LogP contribution in [0.4, 0.5) is 0 Å². The molecule has 94 valence electrons. The Hall–Kier alpha value is -1.75. The van der Waals surface area contributed by atoms with Gasteiger partial charge in [-0.05, 0) is 25.5 Å². The van der Waals surface area contributed by atoms with Crippen LogP contribution in [0.1, 0.15) is 30.1 Å². The number of H-pyrrole nitrogens is 1. The second kappa shape index (κ2) is 5.27. The Kier molecular flexibility index (Phi) is 3.32. The highest BCUT2D eigenvalue weighted by atomic mass is 15.1. The molecular weight excluding hydrogens is 226 g/mol. The van der Waals surface area contributed by atoms with E-state index in [1.165, 1.54) is 24.2 Å². The average Bonchev–Trinajstić information content (AvgIpc) is 2.93. The SMILES string of the molecule is c1cc(C2CCCN(Cc3cnc[nH]3)C2)ncn1. The molecule has 0 spiro atoms. The summed E-state index contributed by atoms with van der Waals surface area (Å²) < 4.78 is 0. The molecular formula is C13H17N5. The van der Waals surface area contributed by atoms with Crippen molar-refractivity contribution in [2.45, 2.75) is 25.3 Å². The zero-order valence-electron chi connectivity index (χ0n) is 10.3. The van der Waals surface area contributed by atoms with E-state index in [9.17, 15) is 0 Å². The molecule has 0 bridgehead atoms. The maximum absolute atomic E-state index is 4.38. The molecule has 2 aromatic heterocycles. The summed E-state index contributed by atoms with van der Waals surface area (Å²) in [5, 5.41) is 0. The summed E-state index contributed by atoms with van der Waals surface area (Å²) in [6, 6.07) is 2.03. The van der Waals surface area contributed by atoms with Gasteiger partial charge in [-0.3, -0.25) is 4.90 Å². The number of hydrogen-bond acceptors (Lipinski definition) is 4. The Morgan fingerprint density at radius 2 is 2.39 bits per heavy atom. The van der Waals surface area contributed by atoms with E-state index >= 15 is 0 Å². The van der Waals surface area contributed by atoms with Gasteiger partial charge in [0.1, 0.15) is 6.33 Å². The molecule has 1 aliphatic rings. The van der Waals surface area contributed by atoms with Crippen LogP contribution in [0.25, 0.3) is 0 Å². The summed E-state index contributed by atoms with van der Waals surface area (Å²) >= 11 is 0. The van der Waals surface area contributed by atoms with Gasteiger partial charge in [0.25, 0.3) is 0 Å². The predicted octanol–water partition coefficient (Wildman–Crippen LogP) is 1.58. The lowest BCUT2D eigenvalue weighted by atomic mass is 9.94. The zero-order valence-corrected chi connectivity index (χ0v) is 10.3. The lowest BCUT2D eigenvalue weighted by Crippen LogP contribution is -2.34. The molecule has 0 aliphatic carbocycles. The van der Waals surface area contributed by atoms with Gasteiger partial charge < -0.3 is 4.98 Å². The number of nitrogens with zero attached hydrogens (tertiary/aromatic N) is 4. The molecule has 1 N–H and O–H groups in total. The molecule has 1 aliphatic heterocycles. The van der Waals surface area contributed by atoms with Crippen molar-refractivity contribution in [1.29, 1.82) is 0 Å². The van der Waals surface area contributed by atoms with E-state index in [2.05, 4.69) is 24.8 Å². The number of piperidine rings is 1. The van der Waals surface area contributed by atoms with Gasteiger partial charge >= 0.3 is 0 Å². The standard InChI is InChI=1S/C13H17N5/c1-2-11(13-3-4-14-9-17-13)7-18(5-1)8-12-6-15-10-16-12/h3-4,6,9-11H,1-2,5,7-8H2,(H,15,16). The molecule has 5 nitrogen and oxygen atoms in total. The van der Waals surface area contributed by atoms with Crippen LogP contribution in [0.15, 0.2) is 31.1 Å². The van der Waals surface area contributed by atoms with Crippen molar-refractivity contribution >= 4 is 0 Å². The van der Waals surface area contributed by atoms with E-state index in [0.29, 0.717) is 5.92 Å². The fraction of sp³-hybridized carbons (Fsp3) is 0.462. The largest absolute Gasteiger partial charge is 0.347 e. The monoisotopic (exact) mass is 243 g/mol. The van der Waals surface area contributed by atoms with Crippen molar-refractivity contribution in [2.75, 3.05) is 13.1 Å². The molecule has 5 heteroatoms. The number of rotatable bonds is 3. The molecule has 1 atom stereocenters. The van der Waals surface area contributed by atoms with E-state index in [-0.39, 0.29) is 0 Å². The predicted molar refractivity (Wildman–Crippen MR) is 67.9 cm³/mol. The second-order valence-corrected chi connectivity index (χ2v) is 4.79. The van der Waals surface area contributed by atoms with Gasteiger partial charge in [-0.25, -0.2) is 15.0 Å². The first-order valence-corrected chi connectivity index (χ1v) is 6.37. The number of hydrogen-bond donors (Lipinski definition) is 1. The highest BCUT2D eigenvalue weighted by Crippen LogP contribution is 2.25. The summed E-state index contributed by atoms with van der Waals surface area (Å²) in [4.78, 5) is 18.0. The van der Waals surface area contributed by atoms with Crippen LogP contribution in [0.5, 0.6) is 0 Å². The molecule has 1 fully saturated rings.